The molecule has 0 spiro atoms. The van der Waals surface area contributed by atoms with Crippen LogP contribution in [0.15, 0.2) is 18.2 Å². The highest BCUT2D eigenvalue weighted by atomic mass is 32.2. The van der Waals surface area contributed by atoms with Crippen LogP contribution in [0, 0.1) is 0 Å². The van der Waals surface area contributed by atoms with Gasteiger partial charge in [0.1, 0.15) is 16.4 Å². The van der Waals surface area contributed by atoms with E-state index < -0.39 is 9.84 Å². The summed E-state index contributed by atoms with van der Waals surface area (Å²) in [6.45, 7) is 1.34. The normalized spacial score (nSPS) is 11.2. The molecule has 0 saturated carbocycles. The van der Waals surface area contributed by atoms with Crippen molar-refractivity contribution >= 4 is 9.84 Å². The number of para-hydroxylation sites is 1. The fourth-order valence-corrected chi connectivity index (χ4v) is 2.08. The van der Waals surface area contributed by atoms with Gasteiger partial charge in [0.15, 0.2) is 11.5 Å². The first-order valence-corrected chi connectivity index (χ1v) is 8.26. The highest BCUT2D eigenvalue weighted by Gasteiger charge is 2.10. The van der Waals surface area contributed by atoms with Gasteiger partial charge in [-0.05, 0) is 12.1 Å². The maximum atomic E-state index is 10.9. The fraction of sp³-hybridized carbons (Fsp3) is 0.538. The number of sulfone groups is 1. The Balaban J connectivity index is 2.42. The molecule has 0 aliphatic carbocycles. The Bertz CT molecular complexity index is 493. The van der Waals surface area contributed by atoms with Crippen LogP contribution in [0.4, 0.5) is 0 Å². The van der Waals surface area contributed by atoms with E-state index in [1.807, 2.05) is 6.07 Å². The maximum absolute atomic E-state index is 10.9. The van der Waals surface area contributed by atoms with E-state index in [-0.39, 0.29) is 5.75 Å². The Kier molecular flexibility index (Phi) is 6.60. The van der Waals surface area contributed by atoms with Gasteiger partial charge in [-0.2, -0.15) is 0 Å². The van der Waals surface area contributed by atoms with Crippen LogP contribution in [0.2, 0.25) is 0 Å². The molecular weight excluding hydrogens is 282 g/mol. The molecule has 6 nitrogen and oxygen atoms in total. The first-order chi connectivity index (χ1) is 9.48. The predicted molar refractivity (Wildman–Crippen MR) is 77.6 cm³/mol. The second-order valence-electron chi connectivity index (χ2n) is 4.22. The number of methoxy groups -OCH3 is 2. The standard InChI is InChI=1S/C13H21NO5S/c1-17-11-5-4-6-12(18-2)13(11)19-9-7-14-8-10-20(3,15)16/h4-6,14H,7-10H2,1-3H3. The molecule has 1 aromatic rings. The van der Waals surface area contributed by atoms with E-state index in [2.05, 4.69) is 5.32 Å². The molecule has 7 heteroatoms. The quantitative estimate of drug-likeness (QED) is 0.678. The molecule has 0 saturated heterocycles. The van der Waals surface area contributed by atoms with E-state index in [9.17, 15) is 8.42 Å². The Hall–Kier alpha value is -1.47. The van der Waals surface area contributed by atoms with Crippen molar-refractivity contribution in [3.63, 3.8) is 0 Å². The summed E-state index contributed by atoms with van der Waals surface area (Å²) in [5.74, 6) is 1.86. The van der Waals surface area contributed by atoms with Crippen molar-refractivity contribution in [2.45, 2.75) is 0 Å². The molecular formula is C13H21NO5S. The van der Waals surface area contributed by atoms with Gasteiger partial charge in [0.2, 0.25) is 5.75 Å². The minimum absolute atomic E-state index is 0.116. The first kappa shape index (κ1) is 16.6. The molecule has 1 aromatic carbocycles. The zero-order chi connectivity index (χ0) is 15.0. The molecule has 20 heavy (non-hydrogen) atoms. The smallest absolute Gasteiger partial charge is 0.203 e. The van der Waals surface area contributed by atoms with Crippen LogP contribution in [0.5, 0.6) is 17.2 Å². The summed E-state index contributed by atoms with van der Waals surface area (Å²) in [6.07, 6.45) is 1.21. The van der Waals surface area contributed by atoms with Gasteiger partial charge in [0.05, 0.1) is 20.0 Å². The monoisotopic (exact) mass is 303 g/mol. The van der Waals surface area contributed by atoms with Crippen molar-refractivity contribution < 1.29 is 22.6 Å². The van der Waals surface area contributed by atoms with Gasteiger partial charge >= 0.3 is 0 Å². The molecule has 0 heterocycles. The molecule has 0 aromatic heterocycles. The summed E-state index contributed by atoms with van der Waals surface area (Å²) >= 11 is 0. The van der Waals surface area contributed by atoms with Gasteiger partial charge in [0, 0.05) is 19.3 Å². The lowest BCUT2D eigenvalue weighted by Gasteiger charge is -2.14. The number of ether oxygens (including phenoxy) is 3. The van der Waals surface area contributed by atoms with E-state index in [0.717, 1.165) is 0 Å². The van der Waals surface area contributed by atoms with Gasteiger partial charge in [-0.1, -0.05) is 6.07 Å². The Morgan fingerprint density at radius 1 is 1.10 bits per heavy atom. The lowest BCUT2D eigenvalue weighted by atomic mass is 10.3. The highest BCUT2D eigenvalue weighted by Crippen LogP contribution is 2.36. The van der Waals surface area contributed by atoms with E-state index in [1.54, 1.807) is 26.4 Å². The molecule has 1 rings (SSSR count). The lowest BCUT2D eigenvalue weighted by molar-refractivity contribution is 0.274. The summed E-state index contributed by atoms with van der Waals surface area (Å²) < 4.78 is 37.9. The van der Waals surface area contributed by atoms with Crippen LogP contribution in [-0.2, 0) is 9.84 Å². The second kappa shape index (κ2) is 7.96. The maximum Gasteiger partial charge on any atom is 0.203 e. The number of hydrogen-bond acceptors (Lipinski definition) is 6. The topological polar surface area (TPSA) is 73.9 Å². The molecule has 0 atom stereocenters. The average molecular weight is 303 g/mol. The predicted octanol–water partition coefficient (Wildman–Crippen LogP) is 0.717. The number of hydrogen-bond donors (Lipinski definition) is 1. The third-order valence-electron chi connectivity index (χ3n) is 2.56. The summed E-state index contributed by atoms with van der Waals surface area (Å²) in [5, 5.41) is 3.00. The molecule has 0 bridgehead atoms. The lowest BCUT2D eigenvalue weighted by Crippen LogP contribution is -2.26. The van der Waals surface area contributed by atoms with Crippen molar-refractivity contribution in [2.24, 2.45) is 0 Å². The fourth-order valence-electron chi connectivity index (χ4n) is 1.57. The summed E-state index contributed by atoms with van der Waals surface area (Å²) in [5.41, 5.74) is 0. The van der Waals surface area contributed by atoms with Crippen molar-refractivity contribution in [3.8, 4) is 17.2 Å². The van der Waals surface area contributed by atoms with E-state index >= 15 is 0 Å². The average Bonchev–Trinajstić information content (AvgIpc) is 2.41. The van der Waals surface area contributed by atoms with Crippen molar-refractivity contribution in [3.05, 3.63) is 18.2 Å². The third-order valence-corrected chi connectivity index (χ3v) is 3.50. The molecule has 114 valence electrons. The molecule has 0 amide bonds. The van der Waals surface area contributed by atoms with Gasteiger partial charge in [-0.3, -0.25) is 0 Å². The van der Waals surface area contributed by atoms with Crippen LogP contribution in [0.25, 0.3) is 0 Å². The highest BCUT2D eigenvalue weighted by molar-refractivity contribution is 7.90. The zero-order valence-electron chi connectivity index (χ0n) is 12.0. The minimum atomic E-state index is -2.93. The molecule has 0 fully saturated rings. The van der Waals surface area contributed by atoms with Crippen LogP contribution >= 0.6 is 0 Å². The molecule has 0 radical (unpaired) electrons. The molecule has 1 N–H and O–H groups in total. The summed E-state index contributed by atoms with van der Waals surface area (Å²) in [6, 6.07) is 5.39. The molecule has 0 aliphatic heterocycles. The Labute approximate surface area is 120 Å². The van der Waals surface area contributed by atoms with Crippen molar-refractivity contribution in [1.29, 1.82) is 0 Å². The number of benzene rings is 1. The Morgan fingerprint density at radius 2 is 1.70 bits per heavy atom. The van der Waals surface area contributed by atoms with E-state index in [1.165, 1.54) is 6.26 Å². The van der Waals surface area contributed by atoms with Gasteiger partial charge < -0.3 is 19.5 Å². The zero-order valence-corrected chi connectivity index (χ0v) is 12.8. The number of rotatable bonds is 9. The SMILES string of the molecule is COc1cccc(OC)c1OCCNCCS(C)(=O)=O. The largest absolute Gasteiger partial charge is 0.493 e. The van der Waals surface area contributed by atoms with Crippen LogP contribution in [0.1, 0.15) is 0 Å². The van der Waals surface area contributed by atoms with Gasteiger partial charge in [0.25, 0.3) is 0 Å². The van der Waals surface area contributed by atoms with Crippen molar-refractivity contribution in [1.82, 2.24) is 5.32 Å². The summed E-state index contributed by atoms with van der Waals surface area (Å²) in [4.78, 5) is 0. The minimum Gasteiger partial charge on any atom is -0.493 e. The van der Waals surface area contributed by atoms with Crippen LogP contribution in [0.3, 0.4) is 0 Å². The van der Waals surface area contributed by atoms with Gasteiger partial charge in [-0.25, -0.2) is 8.42 Å². The summed E-state index contributed by atoms with van der Waals surface area (Å²) in [7, 11) is 0.195. The van der Waals surface area contributed by atoms with Crippen molar-refractivity contribution in [2.75, 3.05) is 45.9 Å². The first-order valence-electron chi connectivity index (χ1n) is 6.20. The van der Waals surface area contributed by atoms with Gasteiger partial charge in [-0.15, -0.1) is 0 Å². The van der Waals surface area contributed by atoms with Crippen LogP contribution in [-0.4, -0.2) is 54.3 Å². The molecule has 0 aliphatic rings. The third kappa shape index (κ3) is 5.66. The second-order valence-corrected chi connectivity index (χ2v) is 6.48. The van der Waals surface area contributed by atoms with Crippen LogP contribution < -0.4 is 19.5 Å². The molecule has 0 unspecified atom stereocenters. The van der Waals surface area contributed by atoms with E-state index in [4.69, 9.17) is 14.2 Å². The number of nitrogens with one attached hydrogen (secondary N) is 1. The Morgan fingerprint density at radius 3 is 2.20 bits per heavy atom. The van der Waals surface area contributed by atoms with E-state index in [0.29, 0.717) is 36.9 Å².